The third-order valence-corrected chi connectivity index (χ3v) is 4.39. The average molecular weight is 337 g/mol. The molecule has 1 N–H and O–H groups in total. The van der Waals surface area contributed by atoms with Crippen molar-refractivity contribution in [3.05, 3.63) is 71.0 Å². The third kappa shape index (κ3) is 4.36. The van der Waals surface area contributed by atoms with Gasteiger partial charge >= 0.3 is 6.03 Å². The van der Waals surface area contributed by atoms with E-state index in [0.29, 0.717) is 12.1 Å². The fraction of sp³-hybridized carbons (Fsp3) is 0.300. The number of carbonyl (C=O) groups is 1. The Kier molecular flexibility index (Phi) is 4.99. The lowest BCUT2D eigenvalue weighted by Gasteiger charge is -2.25. The SMILES string of the molecule is CC(NC(=O)N(Cc1ccc(F)cc1)C1CC1)c1ccc(C#N)cc1. The quantitative estimate of drug-likeness (QED) is 0.892. The molecule has 3 rings (SSSR count). The van der Waals surface area contributed by atoms with Gasteiger partial charge in [-0.15, -0.1) is 0 Å². The van der Waals surface area contributed by atoms with Crippen molar-refractivity contribution in [2.45, 2.75) is 38.4 Å². The largest absolute Gasteiger partial charge is 0.331 e. The number of carbonyl (C=O) groups excluding carboxylic acids is 1. The van der Waals surface area contributed by atoms with E-state index in [1.807, 2.05) is 24.0 Å². The third-order valence-electron chi connectivity index (χ3n) is 4.39. The average Bonchev–Trinajstić information content (AvgIpc) is 3.46. The van der Waals surface area contributed by atoms with Gasteiger partial charge in [0.25, 0.3) is 0 Å². The van der Waals surface area contributed by atoms with Crippen LogP contribution >= 0.6 is 0 Å². The topological polar surface area (TPSA) is 56.1 Å². The predicted octanol–water partition coefficient (Wildman–Crippen LogP) is 4.13. The molecule has 2 amide bonds. The minimum absolute atomic E-state index is 0.122. The summed E-state index contributed by atoms with van der Waals surface area (Å²) < 4.78 is 13.1. The van der Waals surface area contributed by atoms with Crippen LogP contribution in [-0.4, -0.2) is 17.0 Å². The van der Waals surface area contributed by atoms with Crippen LogP contribution in [0.1, 0.15) is 42.5 Å². The molecule has 5 heteroatoms. The number of urea groups is 1. The summed E-state index contributed by atoms with van der Waals surface area (Å²) in [6, 6.07) is 15.5. The lowest BCUT2D eigenvalue weighted by atomic mass is 10.1. The van der Waals surface area contributed by atoms with Crippen LogP contribution in [0.25, 0.3) is 0 Å². The molecule has 1 unspecified atom stereocenters. The van der Waals surface area contributed by atoms with Gasteiger partial charge in [0, 0.05) is 12.6 Å². The zero-order valence-corrected chi connectivity index (χ0v) is 14.1. The fourth-order valence-corrected chi connectivity index (χ4v) is 2.74. The Morgan fingerprint density at radius 2 is 1.88 bits per heavy atom. The van der Waals surface area contributed by atoms with Crippen LogP contribution in [0.15, 0.2) is 48.5 Å². The minimum Gasteiger partial charge on any atom is -0.331 e. The van der Waals surface area contributed by atoms with Gasteiger partial charge in [0.05, 0.1) is 17.7 Å². The van der Waals surface area contributed by atoms with Crippen molar-refractivity contribution in [2.24, 2.45) is 0 Å². The summed E-state index contributed by atoms with van der Waals surface area (Å²) >= 11 is 0. The van der Waals surface area contributed by atoms with Gasteiger partial charge in [0.1, 0.15) is 5.82 Å². The van der Waals surface area contributed by atoms with Crippen LogP contribution in [0.3, 0.4) is 0 Å². The predicted molar refractivity (Wildman–Crippen MR) is 93.1 cm³/mol. The van der Waals surface area contributed by atoms with E-state index < -0.39 is 0 Å². The van der Waals surface area contributed by atoms with Crippen molar-refractivity contribution >= 4 is 6.03 Å². The summed E-state index contributed by atoms with van der Waals surface area (Å²) in [6.07, 6.45) is 2.00. The molecular weight excluding hydrogens is 317 g/mol. The van der Waals surface area contributed by atoms with E-state index in [1.165, 1.54) is 12.1 Å². The molecule has 4 nitrogen and oxygen atoms in total. The second-order valence-corrected chi connectivity index (χ2v) is 6.39. The van der Waals surface area contributed by atoms with Crippen LogP contribution in [0.4, 0.5) is 9.18 Å². The smallest absolute Gasteiger partial charge is 0.318 e. The highest BCUT2D eigenvalue weighted by Crippen LogP contribution is 2.29. The van der Waals surface area contributed by atoms with Gasteiger partial charge in [-0.1, -0.05) is 24.3 Å². The van der Waals surface area contributed by atoms with Crippen LogP contribution in [0.5, 0.6) is 0 Å². The van der Waals surface area contributed by atoms with E-state index in [9.17, 15) is 9.18 Å². The Labute approximate surface area is 146 Å². The number of halogens is 1. The van der Waals surface area contributed by atoms with Crippen molar-refractivity contribution in [3.63, 3.8) is 0 Å². The van der Waals surface area contributed by atoms with Gasteiger partial charge < -0.3 is 10.2 Å². The highest BCUT2D eigenvalue weighted by Gasteiger charge is 2.33. The Balaban J connectivity index is 1.66. The number of hydrogen-bond acceptors (Lipinski definition) is 2. The highest BCUT2D eigenvalue weighted by molar-refractivity contribution is 5.75. The van der Waals surface area contributed by atoms with Gasteiger partial charge in [-0.25, -0.2) is 9.18 Å². The second-order valence-electron chi connectivity index (χ2n) is 6.39. The van der Waals surface area contributed by atoms with Gasteiger partial charge in [-0.05, 0) is 55.2 Å². The van der Waals surface area contributed by atoms with E-state index >= 15 is 0 Å². The highest BCUT2D eigenvalue weighted by atomic mass is 19.1. The number of hydrogen-bond donors (Lipinski definition) is 1. The fourth-order valence-electron chi connectivity index (χ4n) is 2.74. The summed E-state index contributed by atoms with van der Waals surface area (Å²) in [6.45, 7) is 2.39. The molecular formula is C20H20FN3O. The van der Waals surface area contributed by atoms with Crippen molar-refractivity contribution < 1.29 is 9.18 Å². The molecule has 0 saturated heterocycles. The maximum Gasteiger partial charge on any atom is 0.318 e. The number of amides is 2. The molecule has 128 valence electrons. The van der Waals surface area contributed by atoms with Crippen molar-refractivity contribution in [2.75, 3.05) is 0 Å². The van der Waals surface area contributed by atoms with E-state index in [0.717, 1.165) is 24.0 Å². The first-order chi connectivity index (χ1) is 12.1. The van der Waals surface area contributed by atoms with Crippen LogP contribution < -0.4 is 5.32 Å². The zero-order chi connectivity index (χ0) is 17.8. The van der Waals surface area contributed by atoms with E-state index in [1.54, 1.807) is 24.3 Å². The molecule has 2 aromatic carbocycles. The Morgan fingerprint density at radius 3 is 2.44 bits per heavy atom. The zero-order valence-electron chi connectivity index (χ0n) is 14.1. The standard InChI is InChI=1S/C20H20FN3O/c1-14(17-6-2-15(12-22)3-7-17)23-20(25)24(19-10-11-19)13-16-4-8-18(21)9-5-16/h2-9,14,19H,10-11,13H2,1H3,(H,23,25). The normalized spacial score (nSPS) is 14.4. The first-order valence-electron chi connectivity index (χ1n) is 8.38. The first kappa shape index (κ1) is 17.0. The van der Waals surface area contributed by atoms with E-state index in [-0.39, 0.29) is 23.9 Å². The molecule has 1 saturated carbocycles. The lowest BCUT2D eigenvalue weighted by molar-refractivity contribution is 0.188. The van der Waals surface area contributed by atoms with Gasteiger partial charge in [0.2, 0.25) is 0 Å². The number of benzene rings is 2. The summed E-state index contributed by atoms with van der Waals surface area (Å²) in [5.41, 5.74) is 2.46. The van der Waals surface area contributed by atoms with Gasteiger partial charge in [-0.3, -0.25) is 0 Å². The maximum absolute atomic E-state index is 13.1. The molecule has 0 aliphatic heterocycles. The monoisotopic (exact) mass is 337 g/mol. The molecule has 1 aliphatic carbocycles. The molecule has 0 bridgehead atoms. The second kappa shape index (κ2) is 7.35. The van der Waals surface area contributed by atoms with Gasteiger partial charge in [0.15, 0.2) is 0 Å². The summed E-state index contributed by atoms with van der Waals surface area (Å²) in [5, 5.41) is 11.9. The molecule has 1 atom stereocenters. The van der Waals surface area contributed by atoms with Gasteiger partial charge in [-0.2, -0.15) is 5.26 Å². The molecule has 1 fully saturated rings. The summed E-state index contributed by atoms with van der Waals surface area (Å²) in [4.78, 5) is 14.5. The Morgan fingerprint density at radius 1 is 1.24 bits per heavy atom. The Hall–Kier alpha value is -2.87. The van der Waals surface area contributed by atoms with Crippen molar-refractivity contribution in [1.29, 1.82) is 5.26 Å². The Bertz CT molecular complexity index is 776. The molecule has 1 aliphatic rings. The van der Waals surface area contributed by atoms with Crippen molar-refractivity contribution in [3.8, 4) is 6.07 Å². The van der Waals surface area contributed by atoms with Crippen LogP contribution in [0.2, 0.25) is 0 Å². The number of nitrogens with one attached hydrogen (secondary N) is 1. The van der Waals surface area contributed by atoms with Crippen molar-refractivity contribution in [1.82, 2.24) is 10.2 Å². The lowest BCUT2D eigenvalue weighted by Crippen LogP contribution is -2.41. The summed E-state index contributed by atoms with van der Waals surface area (Å²) in [5.74, 6) is -0.277. The number of nitrogens with zero attached hydrogens (tertiary/aromatic N) is 2. The molecule has 25 heavy (non-hydrogen) atoms. The summed E-state index contributed by atoms with van der Waals surface area (Å²) in [7, 11) is 0. The minimum atomic E-state index is -0.277. The van der Waals surface area contributed by atoms with E-state index in [4.69, 9.17) is 5.26 Å². The maximum atomic E-state index is 13.1. The number of rotatable bonds is 5. The van der Waals surface area contributed by atoms with Crippen LogP contribution in [0, 0.1) is 17.1 Å². The van der Waals surface area contributed by atoms with E-state index in [2.05, 4.69) is 11.4 Å². The number of nitriles is 1. The molecule has 0 radical (unpaired) electrons. The molecule has 0 aromatic heterocycles. The molecule has 0 spiro atoms. The molecule has 2 aromatic rings. The van der Waals surface area contributed by atoms with Crippen LogP contribution in [-0.2, 0) is 6.54 Å². The first-order valence-corrected chi connectivity index (χ1v) is 8.38. The molecule has 0 heterocycles.